The number of methoxy groups -OCH3 is 1. The summed E-state index contributed by atoms with van der Waals surface area (Å²) in [6, 6.07) is 11.6. The van der Waals surface area contributed by atoms with E-state index in [-0.39, 0.29) is 12.5 Å². The molecular weight excluding hydrogens is 364 g/mol. The molecule has 1 aliphatic rings. The van der Waals surface area contributed by atoms with Crippen molar-refractivity contribution in [2.24, 2.45) is 0 Å². The fourth-order valence-electron chi connectivity index (χ4n) is 3.13. The van der Waals surface area contributed by atoms with Crippen LogP contribution in [0.4, 0.5) is 5.69 Å². The van der Waals surface area contributed by atoms with Gasteiger partial charge in [0.1, 0.15) is 11.5 Å². The van der Waals surface area contributed by atoms with Crippen LogP contribution in [0.25, 0.3) is 0 Å². The molecule has 0 atom stereocenters. The van der Waals surface area contributed by atoms with Crippen molar-refractivity contribution >= 4 is 23.2 Å². The molecule has 0 unspecified atom stereocenters. The monoisotopic (exact) mass is 388 g/mol. The van der Waals surface area contributed by atoms with Crippen LogP contribution in [-0.4, -0.2) is 50.7 Å². The first-order valence-corrected chi connectivity index (χ1v) is 9.42. The second kappa shape index (κ2) is 8.53. The van der Waals surface area contributed by atoms with E-state index in [1.54, 1.807) is 7.11 Å². The summed E-state index contributed by atoms with van der Waals surface area (Å²) in [6.45, 7) is 6.86. The van der Waals surface area contributed by atoms with Gasteiger partial charge in [0, 0.05) is 37.3 Å². The third-order valence-corrected chi connectivity index (χ3v) is 5.22. The Labute approximate surface area is 165 Å². The smallest absolute Gasteiger partial charge is 0.260 e. The summed E-state index contributed by atoms with van der Waals surface area (Å²) in [5.74, 6) is 1.48. The van der Waals surface area contributed by atoms with Crippen LogP contribution >= 0.6 is 11.6 Å². The van der Waals surface area contributed by atoms with E-state index in [0.29, 0.717) is 23.9 Å². The van der Waals surface area contributed by atoms with E-state index >= 15 is 0 Å². The average molecular weight is 389 g/mol. The van der Waals surface area contributed by atoms with Crippen LogP contribution in [0, 0.1) is 13.8 Å². The van der Waals surface area contributed by atoms with Gasteiger partial charge in [0.15, 0.2) is 6.61 Å². The minimum absolute atomic E-state index is 0.00877. The fourth-order valence-corrected chi connectivity index (χ4v) is 3.28. The Balaban J connectivity index is 1.56. The van der Waals surface area contributed by atoms with E-state index in [9.17, 15) is 4.79 Å². The highest BCUT2D eigenvalue weighted by atomic mass is 35.5. The van der Waals surface area contributed by atoms with Crippen molar-refractivity contribution in [3.05, 3.63) is 52.5 Å². The zero-order chi connectivity index (χ0) is 19.4. The first kappa shape index (κ1) is 19.4. The van der Waals surface area contributed by atoms with Crippen LogP contribution in [0.1, 0.15) is 11.1 Å². The van der Waals surface area contributed by atoms with Crippen molar-refractivity contribution in [1.29, 1.82) is 0 Å². The van der Waals surface area contributed by atoms with Crippen LogP contribution in [-0.2, 0) is 4.79 Å². The molecule has 0 N–H and O–H groups in total. The van der Waals surface area contributed by atoms with Crippen molar-refractivity contribution in [2.45, 2.75) is 13.8 Å². The van der Waals surface area contributed by atoms with Gasteiger partial charge in [-0.3, -0.25) is 4.79 Å². The Hall–Kier alpha value is -2.40. The highest BCUT2D eigenvalue weighted by Gasteiger charge is 2.23. The van der Waals surface area contributed by atoms with Crippen LogP contribution < -0.4 is 14.4 Å². The Morgan fingerprint density at radius 3 is 2.37 bits per heavy atom. The normalized spacial score (nSPS) is 14.2. The van der Waals surface area contributed by atoms with Crippen molar-refractivity contribution in [2.75, 3.05) is 44.8 Å². The second-order valence-corrected chi connectivity index (χ2v) is 7.15. The van der Waals surface area contributed by atoms with Crippen LogP contribution in [0.5, 0.6) is 11.5 Å². The molecule has 3 rings (SSSR count). The Kier molecular flexibility index (Phi) is 6.11. The first-order chi connectivity index (χ1) is 13.0. The lowest BCUT2D eigenvalue weighted by atomic mass is 10.1. The van der Waals surface area contributed by atoms with Gasteiger partial charge in [-0.15, -0.1) is 0 Å². The minimum atomic E-state index is 0.00877. The van der Waals surface area contributed by atoms with Gasteiger partial charge in [-0.1, -0.05) is 29.3 Å². The predicted molar refractivity (Wildman–Crippen MR) is 108 cm³/mol. The lowest BCUT2D eigenvalue weighted by molar-refractivity contribution is -0.133. The molecule has 0 saturated carbocycles. The molecule has 6 heteroatoms. The van der Waals surface area contributed by atoms with Crippen molar-refractivity contribution in [3.8, 4) is 11.5 Å². The van der Waals surface area contributed by atoms with Crippen molar-refractivity contribution in [1.82, 2.24) is 4.90 Å². The maximum absolute atomic E-state index is 12.4. The molecule has 0 radical (unpaired) electrons. The number of halogens is 1. The largest absolute Gasteiger partial charge is 0.495 e. The van der Waals surface area contributed by atoms with E-state index in [0.717, 1.165) is 35.7 Å². The second-order valence-electron chi connectivity index (χ2n) is 6.74. The Morgan fingerprint density at radius 2 is 1.74 bits per heavy atom. The van der Waals surface area contributed by atoms with E-state index in [1.807, 2.05) is 55.1 Å². The number of nitrogens with zero attached hydrogens (tertiary/aromatic N) is 2. The molecule has 2 aromatic carbocycles. The Morgan fingerprint density at radius 1 is 1.07 bits per heavy atom. The average Bonchev–Trinajstić information content (AvgIpc) is 2.69. The van der Waals surface area contributed by atoms with Crippen LogP contribution in [0.3, 0.4) is 0 Å². The van der Waals surface area contributed by atoms with Gasteiger partial charge in [-0.05, 0) is 37.6 Å². The maximum Gasteiger partial charge on any atom is 0.260 e. The van der Waals surface area contributed by atoms with Gasteiger partial charge < -0.3 is 19.3 Å². The molecule has 0 spiro atoms. The third-order valence-electron chi connectivity index (χ3n) is 4.82. The molecule has 2 aromatic rings. The standard InChI is InChI=1S/C21H25ClN2O3/c1-15-4-6-17(7-5-15)27-14-21(25)24-10-8-23(9-11-24)19-12-16(2)18(22)13-20(19)26-3/h4-7,12-13H,8-11,14H2,1-3H3. The lowest BCUT2D eigenvalue weighted by Crippen LogP contribution is -2.50. The van der Waals surface area contributed by atoms with Gasteiger partial charge >= 0.3 is 0 Å². The highest BCUT2D eigenvalue weighted by molar-refractivity contribution is 6.31. The minimum Gasteiger partial charge on any atom is -0.495 e. The summed E-state index contributed by atoms with van der Waals surface area (Å²) in [7, 11) is 1.65. The molecule has 1 fully saturated rings. The fraction of sp³-hybridized carbons (Fsp3) is 0.381. The van der Waals surface area contributed by atoms with Crippen molar-refractivity contribution in [3.63, 3.8) is 0 Å². The molecular formula is C21H25ClN2O3. The van der Waals surface area contributed by atoms with Crippen LogP contribution in [0.15, 0.2) is 36.4 Å². The number of anilines is 1. The van der Waals surface area contributed by atoms with Gasteiger partial charge in [0.05, 0.1) is 12.8 Å². The van der Waals surface area contributed by atoms with Gasteiger partial charge in [0.2, 0.25) is 0 Å². The summed E-state index contributed by atoms with van der Waals surface area (Å²) in [5, 5.41) is 0.692. The van der Waals surface area contributed by atoms with Crippen LogP contribution in [0.2, 0.25) is 5.02 Å². The summed E-state index contributed by atoms with van der Waals surface area (Å²) in [4.78, 5) is 16.5. The molecule has 1 saturated heterocycles. The number of hydrogen-bond donors (Lipinski definition) is 0. The number of piperazine rings is 1. The number of carbonyl (C=O) groups is 1. The van der Waals surface area contributed by atoms with E-state index in [2.05, 4.69) is 4.90 Å². The maximum atomic E-state index is 12.4. The van der Waals surface area contributed by atoms with Gasteiger partial charge in [-0.2, -0.15) is 0 Å². The number of rotatable bonds is 5. The molecule has 1 heterocycles. The number of amides is 1. The molecule has 1 aliphatic heterocycles. The molecule has 0 bridgehead atoms. The van der Waals surface area contributed by atoms with E-state index in [4.69, 9.17) is 21.1 Å². The number of aryl methyl sites for hydroxylation is 2. The zero-order valence-corrected chi connectivity index (χ0v) is 16.8. The molecule has 27 heavy (non-hydrogen) atoms. The van der Waals surface area contributed by atoms with Crippen molar-refractivity contribution < 1.29 is 14.3 Å². The lowest BCUT2D eigenvalue weighted by Gasteiger charge is -2.36. The summed E-state index contributed by atoms with van der Waals surface area (Å²) >= 11 is 6.20. The summed E-state index contributed by atoms with van der Waals surface area (Å²) in [6.07, 6.45) is 0. The SMILES string of the molecule is COc1cc(Cl)c(C)cc1N1CCN(C(=O)COc2ccc(C)cc2)CC1. The van der Waals surface area contributed by atoms with Gasteiger partial charge in [-0.25, -0.2) is 0 Å². The van der Waals surface area contributed by atoms with E-state index in [1.165, 1.54) is 0 Å². The first-order valence-electron chi connectivity index (χ1n) is 9.04. The van der Waals surface area contributed by atoms with Gasteiger partial charge in [0.25, 0.3) is 5.91 Å². The number of benzene rings is 2. The zero-order valence-electron chi connectivity index (χ0n) is 16.0. The molecule has 1 amide bonds. The highest BCUT2D eigenvalue weighted by Crippen LogP contribution is 2.34. The predicted octanol–water partition coefficient (Wildman–Crippen LogP) is 3.69. The quantitative estimate of drug-likeness (QED) is 0.783. The number of carbonyl (C=O) groups excluding carboxylic acids is 1. The third kappa shape index (κ3) is 4.66. The molecule has 0 aromatic heterocycles. The summed E-state index contributed by atoms with van der Waals surface area (Å²) in [5.41, 5.74) is 3.19. The molecule has 144 valence electrons. The number of ether oxygens (including phenoxy) is 2. The van der Waals surface area contributed by atoms with E-state index < -0.39 is 0 Å². The number of hydrogen-bond acceptors (Lipinski definition) is 4. The molecule has 0 aliphatic carbocycles. The summed E-state index contributed by atoms with van der Waals surface area (Å²) < 4.78 is 11.1. The topological polar surface area (TPSA) is 42.0 Å². The molecule has 5 nitrogen and oxygen atoms in total. The Bertz CT molecular complexity index is 800.